The number of nitrogens with two attached hydrogens (primary N) is 2. The van der Waals surface area contributed by atoms with Crippen LogP contribution in [0.4, 0.5) is 10.5 Å². The number of hydrogen-bond donors (Lipinski definition) is 6. The zero-order valence-electron chi connectivity index (χ0n) is 26.5. The van der Waals surface area contributed by atoms with Crippen molar-refractivity contribution in [2.75, 3.05) is 11.9 Å². The van der Waals surface area contributed by atoms with Crippen LogP contribution >= 0.6 is 0 Å². The molecule has 3 amide bonds. The summed E-state index contributed by atoms with van der Waals surface area (Å²) in [7, 11) is 0. The molecule has 0 aromatic heterocycles. The van der Waals surface area contributed by atoms with E-state index in [0.29, 0.717) is 30.6 Å². The number of urea groups is 1. The molecular formula is C38H44N6O3. The van der Waals surface area contributed by atoms with E-state index in [9.17, 15) is 14.4 Å². The molecule has 0 unspecified atom stereocenters. The van der Waals surface area contributed by atoms with Crippen molar-refractivity contribution in [3.63, 3.8) is 0 Å². The average molecular weight is 633 g/mol. The second-order valence-corrected chi connectivity index (χ2v) is 11.6. The highest BCUT2D eigenvalue weighted by atomic mass is 16.2. The third-order valence-corrected chi connectivity index (χ3v) is 8.10. The zero-order valence-corrected chi connectivity index (χ0v) is 26.5. The van der Waals surface area contributed by atoms with Crippen molar-refractivity contribution in [3.8, 4) is 0 Å². The number of ketones is 1. The fraction of sp³-hybridized carbons (Fsp3) is 0.263. The number of nitrogens with one attached hydrogen (secondary N) is 4. The number of Topliss-reactive ketones (excluding diaryl/α,β-unsaturated/α-hetero) is 1. The fourth-order valence-corrected chi connectivity index (χ4v) is 5.69. The number of hydrogen-bond acceptors (Lipinski definition) is 5. The first-order chi connectivity index (χ1) is 22.8. The van der Waals surface area contributed by atoms with E-state index in [0.717, 1.165) is 23.1 Å². The average Bonchev–Trinajstić information content (AvgIpc) is 3.08. The summed E-state index contributed by atoms with van der Waals surface area (Å²) in [6.45, 7) is 0.787. The Morgan fingerprint density at radius 1 is 0.723 bits per heavy atom. The molecule has 4 aromatic rings. The van der Waals surface area contributed by atoms with Crippen molar-refractivity contribution in [2.24, 2.45) is 17.4 Å². The first-order valence-corrected chi connectivity index (χ1v) is 16.0. The van der Waals surface area contributed by atoms with E-state index in [1.807, 2.05) is 91.0 Å². The van der Waals surface area contributed by atoms with Gasteiger partial charge in [-0.05, 0) is 48.2 Å². The van der Waals surface area contributed by atoms with E-state index >= 15 is 0 Å². The van der Waals surface area contributed by atoms with Gasteiger partial charge in [0.15, 0.2) is 0 Å². The molecule has 0 aliphatic carbocycles. The van der Waals surface area contributed by atoms with Crippen LogP contribution in [0.15, 0.2) is 115 Å². The van der Waals surface area contributed by atoms with Gasteiger partial charge in [-0.2, -0.15) is 0 Å². The third kappa shape index (κ3) is 10.9. The Bertz CT molecular complexity index is 1540. The Hall–Kier alpha value is -5.28. The van der Waals surface area contributed by atoms with Crippen LogP contribution in [0, 0.1) is 11.3 Å². The number of amides is 3. The minimum Gasteiger partial charge on any atom is -0.384 e. The highest BCUT2D eigenvalue weighted by Gasteiger charge is 2.30. The Kier molecular flexibility index (Phi) is 13.3. The molecule has 2 atom stereocenters. The van der Waals surface area contributed by atoms with Crippen molar-refractivity contribution in [3.05, 3.63) is 138 Å². The number of anilines is 1. The summed E-state index contributed by atoms with van der Waals surface area (Å²) in [6, 6.07) is 34.9. The Labute approximate surface area is 276 Å². The van der Waals surface area contributed by atoms with E-state index in [2.05, 4.69) is 16.0 Å². The Morgan fingerprint density at radius 2 is 1.30 bits per heavy atom. The first kappa shape index (κ1) is 34.6. The first-order valence-electron chi connectivity index (χ1n) is 16.0. The minimum atomic E-state index is -0.594. The van der Waals surface area contributed by atoms with Gasteiger partial charge in [-0.1, -0.05) is 110 Å². The summed E-state index contributed by atoms with van der Waals surface area (Å²) in [5.41, 5.74) is 15.3. The van der Waals surface area contributed by atoms with E-state index < -0.39 is 18.0 Å². The van der Waals surface area contributed by atoms with Gasteiger partial charge in [0.25, 0.3) is 0 Å². The smallest absolute Gasteiger partial charge is 0.319 e. The normalized spacial score (nSPS) is 12.1. The van der Waals surface area contributed by atoms with Crippen LogP contribution in [-0.2, 0) is 16.1 Å². The van der Waals surface area contributed by atoms with Crippen molar-refractivity contribution in [1.29, 1.82) is 5.41 Å². The molecule has 4 rings (SSSR count). The van der Waals surface area contributed by atoms with Gasteiger partial charge in [0.1, 0.15) is 11.6 Å². The van der Waals surface area contributed by atoms with Gasteiger partial charge in [0.2, 0.25) is 5.91 Å². The molecule has 47 heavy (non-hydrogen) atoms. The van der Waals surface area contributed by atoms with E-state index in [1.54, 1.807) is 24.3 Å². The second-order valence-electron chi connectivity index (χ2n) is 11.6. The summed E-state index contributed by atoms with van der Waals surface area (Å²) in [4.78, 5) is 40.6. The van der Waals surface area contributed by atoms with Gasteiger partial charge in [-0.25, -0.2) is 4.79 Å². The SMILES string of the molecule is N=C(N)c1ccc(CNC(=O)[C@H](CCCCN)CC(=O)C[C@H](NC(=O)Nc2ccccc2)C(c2ccccc2)c2ccccc2)cc1. The number of para-hydroxylation sites is 1. The maximum atomic E-state index is 13.9. The molecule has 0 spiro atoms. The van der Waals surface area contributed by atoms with Crippen LogP contribution in [0.2, 0.25) is 0 Å². The summed E-state index contributed by atoms with van der Waals surface area (Å²) >= 11 is 0. The monoisotopic (exact) mass is 632 g/mol. The molecule has 0 saturated heterocycles. The molecule has 0 radical (unpaired) electrons. The highest BCUT2D eigenvalue weighted by Crippen LogP contribution is 2.31. The molecule has 244 valence electrons. The fourth-order valence-electron chi connectivity index (χ4n) is 5.69. The van der Waals surface area contributed by atoms with Crippen LogP contribution in [0.3, 0.4) is 0 Å². The highest BCUT2D eigenvalue weighted by molar-refractivity contribution is 5.95. The molecule has 8 N–H and O–H groups in total. The molecule has 0 bridgehead atoms. The third-order valence-electron chi connectivity index (χ3n) is 8.10. The molecule has 0 saturated carbocycles. The van der Waals surface area contributed by atoms with Crippen LogP contribution in [0.1, 0.15) is 60.3 Å². The van der Waals surface area contributed by atoms with E-state index in [-0.39, 0.29) is 42.8 Å². The van der Waals surface area contributed by atoms with E-state index in [1.165, 1.54) is 0 Å². The van der Waals surface area contributed by atoms with E-state index in [4.69, 9.17) is 16.9 Å². The van der Waals surface area contributed by atoms with Crippen molar-refractivity contribution in [2.45, 2.75) is 50.6 Å². The number of carbonyl (C=O) groups excluding carboxylic acids is 3. The number of benzene rings is 4. The number of rotatable bonds is 17. The zero-order chi connectivity index (χ0) is 33.4. The largest absolute Gasteiger partial charge is 0.384 e. The number of unbranched alkanes of at least 4 members (excludes halogenated alkanes) is 1. The summed E-state index contributed by atoms with van der Waals surface area (Å²) in [5, 5.41) is 16.5. The van der Waals surface area contributed by atoms with Crippen LogP contribution in [0.25, 0.3) is 0 Å². The quantitative estimate of drug-likeness (QED) is 0.0499. The molecule has 0 heterocycles. The van der Waals surface area contributed by atoms with Crippen molar-refractivity contribution in [1.82, 2.24) is 10.6 Å². The summed E-state index contributed by atoms with van der Waals surface area (Å²) in [6.07, 6.45) is 2.05. The lowest BCUT2D eigenvalue weighted by Crippen LogP contribution is -2.43. The van der Waals surface area contributed by atoms with Gasteiger partial charge in [-0.3, -0.25) is 15.0 Å². The molecule has 0 aliphatic rings. The predicted molar refractivity (Wildman–Crippen MR) is 187 cm³/mol. The van der Waals surface area contributed by atoms with Gasteiger partial charge >= 0.3 is 6.03 Å². The topological polar surface area (TPSA) is 163 Å². The maximum Gasteiger partial charge on any atom is 0.319 e. The minimum absolute atomic E-state index is 0.0221. The Balaban J connectivity index is 1.54. The van der Waals surface area contributed by atoms with Crippen LogP contribution in [0.5, 0.6) is 0 Å². The molecule has 9 heteroatoms. The van der Waals surface area contributed by atoms with Gasteiger partial charge in [0.05, 0.1) is 0 Å². The van der Waals surface area contributed by atoms with Gasteiger partial charge in [-0.15, -0.1) is 0 Å². The lowest BCUT2D eigenvalue weighted by molar-refractivity contribution is -0.130. The molecule has 0 aliphatic heterocycles. The molecular weight excluding hydrogens is 588 g/mol. The molecule has 0 fully saturated rings. The maximum absolute atomic E-state index is 13.9. The summed E-state index contributed by atoms with van der Waals surface area (Å²) < 4.78 is 0. The lowest BCUT2D eigenvalue weighted by atomic mass is 9.81. The standard InChI is InChI=1S/C38H44N6O3/c39-23-11-10-16-31(37(46)42-26-27-19-21-30(22-20-27)36(40)41)24-33(45)25-34(44-38(47)43-32-17-8-3-9-18-32)35(28-12-4-1-5-13-28)29-14-6-2-7-15-29/h1-9,12-15,17-22,31,34-35H,10-11,16,23-26,39H2,(H3,40,41)(H,42,46)(H2,43,44,47)/t31-,34+/m1/s1. The van der Waals surface area contributed by atoms with Crippen molar-refractivity contribution >= 4 is 29.2 Å². The molecule has 9 nitrogen and oxygen atoms in total. The number of nitrogen functional groups attached to an aromatic ring is 1. The van der Waals surface area contributed by atoms with Crippen molar-refractivity contribution < 1.29 is 14.4 Å². The lowest BCUT2D eigenvalue weighted by Gasteiger charge is -2.29. The Morgan fingerprint density at radius 3 is 1.85 bits per heavy atom. The number of carbonyl (C=O) groups is 3. The van der Waals surface area contributed by atoms with Crippen LogP contribution < -0.4 is 27.4 Å². The summed E-state index contributed by atoms with van der Waals surface area (Å²) in [5.74, 6) is -1.21. The van der Waals surface area contributed by atoms with Gasteiger partial charge in [0, 0.05) is 48.5 Å². The van der Waals surface area contributed by atoms with Crippen LogP contribution in [-0.4, -0.2) is 36.1 Å². The van der Waals surface area contributed by atoms with Gasteiger partial charge < -0.3 is 27.4 Å². The molecule has 4 aromatic carbocycles. The predicted octanol–water partition coefficient (Wildman–Crippen LogP) is 5.70. The number of amidine groups is 1. The second kappa shape index (κ2) is 18.0.